The molecule has 0 aromatic heterocycles. The van der Waals surface area contributed by atoms with E-state index in [2.05, 4.69) is 24.4 Å². The van der Waals surface area contributed by atoms with Crippen molar-refractivity contribution in [3.05, 3.63) is 30.3 Å². The molecular weight excluding hydrogens is 312 g/mol. The predicted molar refractivity (Wildman–Crippen MR) is 91.7 cm³/mol. The van der Waals surface area contributed by atoms with Gasteiger partial charge in [-0.3, -0.25) is 4.79 Å². The average molecular weight is 336 g/mol. The minimum absolute atomic E-state index is 0.0747. The molecule has 1 fully saturated rings. The molecule has 1 aromatic carbocycles. The van der Waals surface area contributed by atoms with Crippen molar-refractivity contribution in [2.45, 2.75) is 37.1 Å². The summed E-state index contributed by atoms with van der Waals surface area (Å²) in [7, 11) is 0. The Bertz CT molecular complexity index is 516. The fourth-order valence-corrected chi connectivity index (χ4v) is 3.63. The molecule has 5 nitrogen and oxygen atoms in total. The molecule has 1 aliphatic rings. The van der Waals surface area contributed by atoms with Gasteiger partial charge in [-0.15, -0.1) is 11.8 Å². The highest BCUT2D eigenvalue weighted by molar-refractivity contribution is 7.99. The lowest BCUT2D eigenvalue weighted by Gasteiger charge is -2.31. The van der Waals surface area contributed by atoms with Gasteiger partial charge in [0, 0.05) is 29.8 Å². The molecule has 6 heteroatoms. The van der Waals surface area contributed by atoms with Gasteiger partial charge in [-0.05, 0) is 31.4 Å². The van der Waals surface area contributed by atoms with Crippen LogP contribution >= 0.6 is 11.8 Å². The highest BCUT2D eigenvalue weighted by Crippen LogP contribution is 2.20. The number of nitrogens with zero attached hydrogens (tertiary/aromatic N) is 1. The first-order valence-corrected chi connectivity index (χ1v) is 9.04. The smallest absolute Gasteiger partial charge is 0.317 e. The third-order valence-corrected chi connectivity index (χ3v) is 5.32. The molecule has 1 aliphatic heterocycles. The van der Waals surface area contributed by atoms with Crippen LogP contribution in [0.5, 0.6) is 0 Å². The van der Waals surface area contributed by atoms with E-state index >= 15 is 0 Å². The number of thioether (sulfide) groups is 1. The molecule has 0 saturated carbocycles. The minimum Gasteiger partial charge on any atom is -0.481 e. The highest BCUT2D eigenvalue weighted by Gasteiger charge is 2.27. The second kappa shape index (κ2) is 8.82. The van der Waals surface area contributed by atoms with E-state index in [4.69, 9.17) is 5.11 Å². The minimum atomic E-state index is -0.754. The Morgan fingerprint density at radius 1 is 1.30 bits per heavy atom. The Morgan fingerprint density at radius 3 is 2.52 bits per heavy atom. The maximum atomic E-state index is 12.3. The molecule has 0 aliphatic carbocycles. The zero-order valence-electron chi connectivity index (χ0n) is 13.4. The molecule has 1 saturated heterocycles. The number of hydrogen-bond donors (Lipinski definition) is 2. The molecule has 2 rings (SSSR count). The van der Waals surface area contributed by atoms with Crippen molar-refractivity contribution in [2.75, 3.05) is 18.8 Å². The first kappa shape index (κ1) is 17.7. The lowest BCUT2D eigenvalue weighted by molar-refractivity contribution is -0.143. The van der Waals surface area contributed by atoms with Gasteiger partial charge in [0.05, 0.1) is 5.92 Å². The quantitative estimate of drug-likeness (QED) is 0.783. The lowest BCUT2D eigenvalue weighted by Crippen LogP contribution is -2.49. The van der Waals surface area contributed by atoms with Gasteiger partial charge in [-0.1, -0.05) is 25.1 Å². The van der Waals surface area contributed by atoms with Crippen LogP contribution in [-0.4, -0.2) is 46.9 Å². The largest absolute Gasteiger partial charge is 0.481 e. The number of benzene rings is 1. The third kappa shape index (κ3) is 5.46. The first-order valence-electron chi connectivity index (χ1n) is 8.06. The predicted octanol–water partition coefficient (Wildman–Crippen LogP) is 3.06. The third-order valence-electron chi connectivity index (χ3n) is 4.15. The Kier molecular flexibility index (Phi) is 6.77. The summed E-state index contributed by atoms with van der Waals surface area (Å²) in [5.74, 6) is -0.233. The van der Waals surface area contributed by atoms with Crippen LogP contribution in [0.15, 0.2) is 35.2 Å². The Labute approximate surface area is 141 Å². The molecule has 1 heterocycles. The number of likely N-dealkylation sites (tertiary alicyclic amines) is 1. The van der Waals surface area contributed by atoms with Crippen LogP contribution in [0.3, 0.4) is 0 Å². The fourth-order valence-electron chi connectivity index (χ4n) is 2.57. The fraction of sp³-hybridized carbons (Fsp3) is 0.529. The topological polar surface area (TPSA) is 69.6 Å². The molecule has 126 valence electrons. The average Bonchev–Trinajstić information content (AvgIpc) is 2.59. The Morgan fingerprint density at radius 2 is 1.96 bits per heavy atom. The SMILES string of the molecule is CCC(CSc1ccccc1)NC(=O)N1CCC(C(=O)O)CC1. The summed E-state index contributed by atoms with van der Waals surface area (Å²) < 4.78 is 0. The number of amides is 2. The maximum Gasteiger partial charge on any atom is 0.317 e. The number of urea groups is 1. The zero-order valence-corrected chi connectivity index (χ0v) is 14.2. The molecule has 23 heavy (non-hydrogen) atoms. The molecule has 1 atom stereocenters. The number of rotatable bonds is 6. The van der Waals surface area contributed by atoms with Crippen molar-refractivity contribution in [2.24, 2.45) is 5.92 Å². The maximum absolute atomic E-state index is 12.3. The number of carbonyl (C=O) groups is 2. The van der Waals surface area contributed by atoms with Gasteiger partial charge in [0.15, 0.2) is 0 Å². The van der Waals surface area contributed by atoms with Crippen LogP contribution in [0.1, 0.15) is 26.2 Å². The summed E-state index contributed by atoms with van der Waals surface area (Å²) in [6, 6.07) is 10.2. The zero-order chi connectivity index (χ0) is 16.7. The van der Waals surface area contributed by atoms with Crippen molar-refractivity contribution >= 4 is 23.8 Å². The molecule has 1 aromatic rings. The highest BCUT2D eigenvalue weighted by atomic mass is 32.2. The van der Waals surface area contributed by atoms with Crippen molar-refractivity contribution < 1.29 is 14.7 Å². The number of piperidine rings is 1. The van der Waals surface area contributed by atoms with E-state index in [9.17, 15) is 9.59 Å². The number of carbonyl (C=O) groups excluding carboxylic acids is 1. The lowest BCUT2D eigenvalue weighted by atomic mass is 9.97. The molecule has 0 radical (unpaired) electrons. The van der Waals surface area contributed by atoms with Crippen molar-refractivity contribution in [3.63, 3.8) is 0 Å². The Balaban J connectivity index is 1.77. The number of carboxylic acid groups (broad SMARTS) is 1. The molecule has 0 bridgehead atoms. The summed E-state index contributed by atoms with van der Waals surface area (Å²) in [6.07, 6.45) is 1.95. The van der Waals surface area contributed by atoms with Crippen LogP contribution in [0.4, 0.5) is 4.79 Å². The summed E-state index contributed by atoms with van der Waals surface area (Å²) in [6.45, 7) is 3.10. The van der Waals surface area contributed by atoms with Crippen LogP contribution in [-0.2, 0) is 4.79 Å². The molecular formula is C17H24N2O3S. The van der Waals surface area contributed by atoms with Gasteiger partial charge in [-0.25, -0.2) is 4.79 Å². The van der Waals surface area contributed by atoms with Crippen LogP contribution in [0.2, 0.25) is 0 Å². The van der Waals surface area contributed by atoms with E-state index in [1.807, 2.05) is 18.2 Å². The van der Waals surface area contributed by atoms with Crippen LogP contribution in [0, 0.1) is 5.92 Å². The number of aliphatic carboxylic acids is 1. The first-order chi connectivity index (χ1) is 11.1. The number of carboxylic acids is 1. The Hall–Kier alpha value is -1.69. The van der Waals surface area contributed by atoms with Crippen molar-refractivity contribution in [1.82, 2.24) is 10.2 Å². The van der Waals surface area contributed by atoms with E-state index in [-0.39, 0.29) is 18.0 Å². The second-order valence-corrected chi connectivity index (χ2v) is 6.87. The summed E-state index contributed by atoms with van der Waals surface area (Å²) in [4.78, 5) is 26.2. The van der Waals surface area contributed by atoms with Gasteiger partial charge in [0.2, 0.25) is 0 Å². The summed E-state index contributed by atoms with van der Waals surface area (Å²) in [5, 5.41) is 12.1. The van der Waals surface area contributed by atoms with Gasteiger partial charge >= 0.3 is 12.0 Å². The van der Waals surface area contributed by atoms with E-state index in [1.54, 1.807) is 16.7 Å². The molecule has 0 spiro atoms. The van der Waals surface area contributed by atoms with Gasteiger partial charge in [0.1, 0.15) is 0 Å². The summed E-state index contributed by atoms with van der Waals surface area (Å²) in [5.41, 5.74) is 0. The van der Waals surface area contributed by atoms with Crippen molar-refractivity contribution in [3.8, 4) is 0 Å². The van der Waals surface area contributed by atoms with E-state index in [1.165, 1.54) is 4.90 Å². The normalized spacial score (nSPS) is 16.8. The van der Waals surface area contributed by atoms with E-state index < -0.39 is 5.97 Å². The van der Waals surface area contributed by atoms with Gasteiger partial charge in [0.25, 0.3) is 0 Å². The van der Waals surface area contributed by atoms with Gasteiger partial charge in [-0.2, -0.15) is 0 Å². The van der Waals surface area contributed by atoms with E-state index in [0.717, 1.165) is 12.2 Å². The molecule has 1 unspecified atom stereocenters. The van der Waals surface area contributed by atoms with Crippen LogP contribution in [0.25, 0.3) is 0 Å². The van der Waals surface area contributed by atoms with E-state index in [0.29, 0.717) is 25.9 Å². The molecule has 2 amide bonds. The standard InChI is InChI=1S/C17H24N2O3S/c1-2-14(12-23-15-6-4-3-5-7-15)18-17(22)19-10-8-13(9-11-19)16(20)21/h3-7,13-14H,2,8-12H2,1H3,(H,18,22)(H,20,21). The molecule has 2 N–H and O–H groups in total. The number of hydrogen-bond acceptors (Lipinski definition) is 3. The van der Waals surface area contributed by atoms with Gasteiger partial charge < -0.3 is 15.3 Å². The van der Waals surface area contributed by atoms with Crippen molar-refractivity contribution in [1.29, 1.82) is 0 Å². The van der Waals surface area contributed by atoms with Crippen LogP contribution < -0.4 is 5.32 Å². The monoisotopic (exact) mass is 336 g/mol. The summed E-state index contributed by atoms with van der Waals surface area (Å²) >= 11 is 1.74. The second-order valence-electron chi connectivity index (χ2n) is 5.78. The number of nitrogens with one attached hydrogen (secondary N) is 1.